The Morgan fingerprint density at radius 1 is 1.21 bits per heavy atom. The lowest BCUT2D eigenvalue weighted by molar-refractivity contribution is -0.124. The summed E-state index contributed by atoms with van der Waals surface area (Å²) in [5.41, 5.74) is 1.35. The highest BCUT2D eigenvalue weighted by atomic mass is 35.5. The number of carbonyl (C=O) groups excluding carboxylic acids is 2. The van der Waals surface area contributed by atoms with Crippen LogP contribution in [0.4, 0.5) is 0 Å². The van der Waals surface area contributed by atoms with Crippen molar-refractivity contribution in [1.82, 2.24) is 15.2 Å². The zero-order valence-electron chi connectivity index (χ0n) is 14.6. The van der Waals surface area contributed by atoms with Crippen LogP contribution < -0.4 is 5.32 Å². The number of halogens is 1. The molecule has 1 saturated heterocycles. The van der Waals surface area contributed by atoms with E-state index < -0.39 is 6.04 Å². The molecule has 2 aromatic heterocycles. The Bertz CT molecular complexity index is 973. The largest absolute Gasteiger partial charge is 0.349 e. The van der Waals surface area contributed by atoms with Gasteiger partial charge in [-0.2, -0.15) is 0 Å². The predicted molar refractivity (Wildman–Crippen MR) is 116 cm³/mol. The van der Waals surface area contributed by atoms with Gasteiger partial charge >= 0.3 is 0 Å². The van der Waals surface area contributed by atoms with Gasteiger partial charge in [-0.25, -0.2) is 4.98 Å². The minimum absolute atomic E-state index is 0.155. The van der Waals surface area contributed by atoms with Gasteiger partial charge in [0.15, 0.2) is 0 Å². The summed E-state index contributed by atoms with van der Waals surface area (Å²) in [7, 11) is 0. The van der Waals surface area contributed by atoms with Gasteiger partial charge < -0.3 is 10.2 Å². The summed E-state index contributed by atoms with van der Waals surface area (Å²) in [5.74, 6) is 0.773. The number of thiophene rings is 1. The van der Waals surface area contributed by atoms with Gasteiger partial charge in [0.2, 0.25) is 5.91 Å². The standard InChI is InChI=1S/C19H16ClN3O2S3/c20-13-5-3-12(4-6-13)19(25)23-11-26-10-15(23)17(24)21-8-14-9-28-18(22-14)16-2-1-7-27-16/h1-7,9,15H,8,10-11H2,(H,21,24)/t15-/m1/s1. The van der Waals surface area contributed by atoms with Crippen molar-refractivity contribution in [2.75, 3.05) is 11.6 Å². The van der Waals surface area contributed by atoms with E-state index in [0.717, 1.165) is 15.6 Å². The van der Waals surface area contributed by atoms with Gasteiger partial charge in [0.1, 0.15) is 11.0 Å². The molecule has 0 unspecified atom stereocenters. The third kappa shape index (κ3) is 4.25. The van der Waals surface area contributed by atoms with Crippen LogP contribution in [0.1, 0.15) is 16.1 Å². The molecule has 0 bridgehead atoms. The molecular weight excluding hydrogens is 434 g/mol. The molecule has 5 nitrogen and oxygen atoms in total. The minimum Gasteiger partial charge on any atom is -0.349 e. The highest BCUT2D eigenvalue weighted by molar-refractivity contribution is 7.99. The molecule has 0 aliphatic carbocycles. The lowest BCUT2D eigenvalue weighted by Gasteiger charge is -2.23. The predicted octanol–water partition coefficient (Wildman–Crippen LogP) is 4.36. The van der Waals surface area contributed by atoms with E-state index in [4.69, 9.17) is 11.6 Å². The molecule has 28 heavy (non-hydrogen) atoms. The first kappa shape index (κ1) is 19.4. The van der Waals surface area contributed by atoms with Crippen LogP contribution in [0.3, 0.4) is 0 Å². The molecule has 1 atom stereocenters. The van der Waals surface area contributed by atoms with Gasteiger partial charge in [-0.1, -0.05) is 17.7 Å². The number of amides is 2. The SMILES string of the molecule is O=C(NCc1csc(-c2cccs2)n1)[C@H]1CSCN1C(=O)c1ccc(Cl)cc1. The molecule has 4 rings (SSSR count). The molecule has 1 N–H and O–H groups in total. The minimum atomic E-state index is -0.483. The Balaban J connectivity index is 1.38. The smallest absolute Gasteiger partial charge is 0.255 e. The zero-order chi connectivity index (χ0) is 19.5. The molecule has 1 aromatic carbocycles. The van der Waals surface area contributed by atoms with Crippen LogP contribution in [-0.4, -0.2) is 39.4 Å². The number of carbonyl (C=O) groups is 2. The second-order valence-corrected chi connectivity index (χ2v) is 9.38. The summed E-state index contributed by atoms with van der Waals surface area (Å²) in [6.07, 6.45) is 0. The van der Waals surface area contributed by atoms with Crippen LogP contribution in [0.5, 0.6) is 0 Å². The molecule has 0 radical (unpaired) electrons. The van der Waals surface area contributed by atoms with Crippen molar-refractivity contribution in [3.05, 3.63) is 63.4 Å². The summed E-state index contributed by atoms with van der Waals surface area (Å²) >= 11 is 10.7. The van der Waals surface area contributed by atoms with Crippen molar-refractivity contribution < 1.29 is 9.59 Å². The van der Waals surface area contributed by atoms with E-state index in [1.807, 2.05) is 22.9 Å². The zero-order valence-corrected chi connectivity index (χ0v) is 17.8. The number of nitrogens with one attached hydrogen (secondary N) is 1. The Labute approximate surface area is 179 Å². The van der Waals surface area contributed by atoms with E-state index in [1.54, 1.807) is 63.6 Å². The summed E-state index contributed by atoms with van der Waals surface area (Å²) in [5, 5.41) is 8.42. The fourth-order valence-electron chi connectivity index (χ4n) is 2.82. The van der Waals surface area contributed by atoms with Crippen molar-refractivity contribution in [3.63, 3.8) is 0 Å². The second kappa shape index (κ2) is 8.65. The molecule has 1 aliphatic heterocycles. The fraction of sp³-hybridized carbons (Fsp3) is 0.211. The van der Waals surface area contributed by atoms with Gasteiger partial charge in [-0.3, -0.25) is 9.59 Å². The van der Waals surface area contributed by atoms with Crippen LogP contribution in [0.15, 0.2) is 47.2 Å². The van der Waals surface area contributed by atoms with Gasteiger partial charge in [0.05, 0.1) is 23.0 Å². The van der Waals surface area contributed by atoms with E-state index in [-0.39, 0.29) is 11.8 Å². The number of thioether (sulfide) groups is 1. The van der Waals surface area contributed by atoms with Crippen LogP contribution in [0.25, 0.3) is 9.88 Å². The molecule has 2 amide bonds. The first-order valence-corrected chi connectivity index (χ1v) is 11.8. The summed E-state index contributed by atoms with van der Waals surface area (Å²) < 4.78 is 0. The molecule has 144 valence electrons. The lowest BCUT2D eigenvalue weighted by atomic mass is 10.1. The summed E-state index contributed by atoms with van der Waals surface area (Å²) in [4.78, 5) is 32.8. The molecule has 9 heteroatoms. The Hall–Kier alpha value is -1.87. The number of benzene rings is 1. The molecule has 0 saturated carbocycles. The normalized spacial score (nSPS) is 16.3. The first-order chi connectivity index (χ1) is 13.6. The van der Waals surface area contributed by atoms with Gasteiger partial charge in [-0.15, -0.1) is 34.4 Å². The quantitative estimate of drug-likeness (QED) is 0.628. The number of hydrogen-bond donors (Lipinski definition) is 1. The average molecular weight is 450 g/mol. The highest BCUT2D eigenvalue weighted by Crippen LogP contribution is 2.28. The maximum atomic E-state index is 12.8. The topological polar surface area (TPSA) is 62.3 Å². The van der Waals surface area contributed by atoms with Gasteiger partial charge in [0.25, 0.3) is 5.91 Å². The highest BCUT2D eigenvalue weighted by Gasteiger charge is 2.35. The number of thiazole rings is 1. The Morgan fingerprint density at radius 2 is 2.04 bits per heavy atom. The first-order valence-electron chi connectivity index (χ1n) is 8.52. The van der Waals surface area contributed by atoms with E-state index in [2.05, 4.69) is 10.3 Å². The Morgan fingerprint density at radius 3 is 2.79 bits per heavy atom. The van der Waals surface area contributed by atoms with Crippen LogP contribution >= 0.6 is 46.0 Å². The maximum Gasteiger partial charge on any atom is 0.255 e. The molecule has 1 aliphatic rings. The summed E-state index contributed by atoms with van der Waals surface area (Å²) in [6, 6.07) is 10.3. The fourth-order valence-corrected chi connectivity index (χ4v) is 5.73. The van der Waals surface area contributed by atoms with Crippen molar-refractivity contribution >= 4 is 57.9 Å². The van der Waals surface area contributed by atoms with Gasteiger partial charge in [-0.05, 0) is 35.7 Å². The van der Waals surface area contributed by atoms with Crippen molar-refractivity contribution in [2.45, 2.75) is 12.6 Å². The van der Waals surface area contributed by atoms with Gasteiger partial charge in [0, 0.05) is 21.7 Å². The van der Waals surface area contributed by atoms with E-state index in [9.17, 15) is 9.59 Å². The maximum absolute atomic E-state index is 12.8. The lowest BCUT2D eigenvalue weighted by Crippen LogP contribution is -2.47. The van der Waals surface area contributed by atoms with E-state index >= 15 is 0 Å². The van der Waals surface area contributed by atoms with Crippen LogP contribution in [-0.2, 0) is 11.3 Å². The third-order valence-electron chi connectivity index (χ3n) is 4.26. The van der Waals surface area contributed by atoms with Crippen molar-refractivity contribution in [1.29, 1.82) is 0 Å². The number of rotatable bonds is 5. The second-order valence-electron chi connectivity index (χ2n) is 6.14. The van der Waals surface area contributed by atoms with Crippen molar-refractivity contribution in [3.8, 4) is 9.88 Å². The van der Waals surface area contributed by atoms with Crippen molar-refractivity contribution in [2.24, 2.45) is 0 Å². The number of nitrogens with zero attached hydrogens (tertiary/aromatic N) is 2. The average Bonchev–Trinajstić information content (AvgIpc) is 3.47. The molecule has 3 aromatic rings. The van der Waals surface area contributed by atoms with Crippen LogP contribution in [0, 0.1) is 0 Å². The monoisotopic (exact) mass is 449 g/mol. The molecule has 0 spiro atoms. The third-order valence-corrected chi connectivity index (χ3v) is 7.46. The molecular formula is C19H16ClN3O2S3. The Kier molecular flexibility index (Phi) is 6.01. The van der Waals surface area contributed by atoms with Crippen LogP contribution in [0.2, 0.25) is 5.02 Å². The van der Waals surface area contributed by atoms with E-state index in [0.29, 0.717) is 28.8 Å². The van der Waals surface area contributed by atoms with E-state index in [1.165, 1.54) is 0 Å². The number of hydrogen-bond acceptors (Lipinski definition) is 6. The molecule has 3 heterocycles. The molecule has 1 fully saturated rings. The number of aromatic nitrogens is 1. The summed E-state index contributed by atoms with van der Waals surface area (Å²) in [6.45, 7) is 0.352.